The molecule has 0 saturated carbocycles. The summed E-state index contributed by atoms with van der Waals surface area (Å²) in [4.78, 5) is 17.7. The van der Waals surface area contributed by atoms with Gasteiger partial charge in [-0.15, -0.1) is 4.59 Å². The van der Waals surface area contributed by atoms with E-state index in [2.05, 4.69) is 15.4 Å². The molecular weight excluding hydrogens is 478 g/mol. The Labute approximate surface area is 205 Å². The van der Waals surface area contributed by atoms with Crippen LogP contribution in [0.1, 0.15) is 10.4 Å². The molecule has 1 fully saturated rings. The summed E-state index contributed by atoms with van der Waals surface area (Å²) in [6.07, 6.45) is 4.87. The number of carbonyl (C=O) groups excluding carboxylic acids is 1. The Bertz CT molecular complexity index is 1300. The van der Waals surface area contributed by atoms with Crippen molar-refractivity contribution in [2.45, 2.75) is 5.67 Å². The molecule has 34 heavy (non-hydrogen) atoms. The number of nitrogens with one attached hydrogen (secondary N) is 1. The van der Waals surface area contributed by atoms with Crippen LogP contribution in [0.25, 0.3) is 11.3 Å². The molecule has 1 saturated heterocycles. The highest BCUT2D eigenvalue weighted by Crippen LogP contribution is 2.37. The zero-order valence-corrected chi connectivity index (χ0v) is 19.4. The van der Waals surface area contributed by atoms with Gasteiger partial charge in [-0.2, -0.15) is 0 Å². The van der Waals surface area contributed by atoms with Gasteiger partial charge in [0.2, 0.25) is 11.5 Å². The predicted octanol–water partition coefficient (Wildman–Crippen LogP) is 5.37. The maximum absolute atomic E-state index is 15.3. The molecule has 6 nitrogen and oxygen atoms in total. The second kappa shape index (κ2) is 8.92. The maximum atomic E-state index is 15.3. The lowest BCUT2D eigenvalue weighted by Crippen LogP contribution is -2.61. The number of carbonyl (C=O) groups is 1. The van der Waals surface area contributed by atoms with Gasteiger partial charge < -0.3 is 4.74 Å². The molecule has 2 aliphatic rings. The molecular formula is C25H20Cl2FN4O2+. The molecule has 2 aliphatic heterocycles. The number of nitrogens with zero attached hydrogens (tertiary/aromatic N) is 3. The smallest absolute Gasteiger partial charge is 0.261 e. The van der Waals surface area contributed by atoms with Crippen molar-refractivity contribution in [3.8, 4) is 11.3 Å². The summed E-state index contributed by atoms with van der Waals surface area (Å²) in [6, 6.07) is 17.8. The monoisotopic (exact) mass is 497 g/mol. The number of rotatable bonds is 6. The largest absolute Gasteiger partial charge is 0.374 e. The summed E-state index contributed by atoms with van der Waals surface area (Å²) < 4.78 is 20.2. The lowest BCUT2D eigenvalue weighted by atomic mass is 10.0. The number of quaternary nitrogens is 1. The van der Waals surface area contributed by atoms with Crippen LogP contribution < -0.4 is 9.91 Å². The van der Waals surface area contributed by atoms with Gasteiger partial charge in [-0.1, -0.05) is 52.6 Å². The van der Waals surface area contributed by atoms with Crippen LogP contribution in [0.5, 0.6) is 0 Å². The van der Waals surface area contributed by atoms with E-state index < -0.39 is 11.6 Å². The Morgan fingerprint density at radius 3 is 2.53 bits per heavy atom. The molecule has 1 aromatic heterocycles. The van der Waals surface area contributed by atoms with Crippen molar-refractivity contribution in [2.24, 2.45) is 5.10 Å². The van der Waals surface area contributed by atoms with Crippen LogP contribution in [0.4, 0.5) is 10.1 Å². The Kier molecular flexibility index (Phi) is 5.95. The van der Waals surface area contributed by atoms with Gasteiger partial charge in [-0.25, -0.2) is 4.39 Å². The molecule has 3 aromatic rings. The first-order chi connectivity index (χ1) is 16.4. The van der Waals surface area contributed by atoms with Crippen LogP contribution in [0.15, 0.2) is 83.9 Å². The van der Waals surface area contributed by atoms with E-state index in [4.69, 9.17) is 27.9 Å². The maximum Gasteiger partial charge on any atom is 0.261 e. The minimum atomic E-state index is -1.56. The first kappa shape index (κ1) is 22.7. The molecule has 0 aliphatic carbocycles. The number of halogens is 3. The molecule has 1 amide bonds. The number of para-hydroxylation sites is 1. The standard InChI is InChI=1S/C25H19Cl2FN4O2/c26-20-13-21(27)19(12-18(20)22-8-4-5-10-29-22)24(33)31-23-9-11-30-32(23,14-25(28)15-34-16-25)17-6-2-1-3-7-17/h1-13H,14-16H2/p+1. The van der Waals surface area contributed by atoms with E-state index in [-0.39, 0.29) is 34.9 Å². The van der Waals surface area contributed by atoms with Gasteiger partial charge in [0.15, 0.2) is 12.2 Å². The molecule has 0 radical (unpaired) electrons. The third-order valence-electron chi connectivity index (χ3n) is 5.80. The quantitative estimate of drug-likeness (QED) is 0.465. The van der Waals surface area contributed by atoms with Gasteiger partial charge in [0.05, 0.1) is 40.7 Å². The lowest BCUT2D eigenvalue weighted by molar-refractivity contribution is -0.137. The molecule has 172 valence electrons. The van der Waals surface area contributed by atoms with Crippen molar-refractivity contribution >= 4 is 41.0 Å². The van der Waals surface area contributed by atoms with E-state index in [1.165, 1.54) is 6.07 Å². The second-order valence-corrected chi connectivity index (χ2v) is 9.02. The Morgan fingerprint density at radius 1 is 1.09 bits per heavy atom. The molecule has 9 heteroatoms. The van der Waals surface area contributed by atoms with Crippen molar-refractivity contribution in [3.63, 3.8) is 0 Å². The molecule has 1 unspecified atom stereocenters. The summed E-state index contributed by atoms with van der Waals surface area (Å²) in [5.74, 6) is -0.0580. The van der Waals surface area contributed by atoms with Gasteiger partial charge in [-0.05, 0) is 24.3 Å². The number of hydrogen-bond acceptors (Lipinski definition) is 4. The molecule has 2 aromatic carbocycles. The van der Waals surface area contributed by atoms with Crippen molar-refractivity contribution in [2.75, 3.05) is 19.8 Å². The lowest BCUT2D eigenvalue weighted by Gasteiger charge is -2.40. The minimum Gasteiger partial charge on any atom is -0.374 e. The molecule has 0 spiro atoms. The highest BCUT2D eigenvalue weighted by Gasteiger charge is 2.52. The number of aromatic nitrogens is 1. The molecule has 1 N–H and O–H groups in total. The highest BCUT2D eigenvalue weighted by atomic mass is 35.5. The van der Waals surface area contributed by atoms with E-state index in [0.717, 1.165) is 0 Å². The normalized spacial score (nSPS) is 20.5. The van der Waals surface area contributed by atoms with Gasteiger partial charge in [0.1, 0.15) is 0 Å². The summed E-state index contributed by atoms with van der Waals surface area (Å²) in [5, 5.41) is 8.05. The SMILES string of the molecule is O=C(NC1=CC=N[N+]1(CC1(F)COC1)c1ccccc1)c1cc(-c2ccccn2)c(Cl)cc1Cl. The first-order valence-corrected chi connectivity index (χ1v) is 11.3. The number of ether oxygens (including phenoxy) is 1. The van der Waals surface area contributed by atoms with Gasteiger partial charge >= 0.3 is 0 Å². The first-order valence-electron chi connectivity index (χ1n) is 10.6. The molecule has 1 atom stereocenters. The fourth-order valence-corrected chi connectivity index (χ4v) is 4.65. The number of pyridine rings is 1. The molecule has 5 rings (SSSR count). The molecule has 3 heterocycles. The summed E-state index contributed by atoms with van der Waals surface area (Å²) >= 11 is 12.8. The zero-order valence-electron chi connectivity index (χ0n) is 17.9. The predicted molar refractivity (Wildman–Crippen MR) is 131 cm³/mol. The van der Waals surface area contributed by atoms with Crippen LogP contribution >= 0.6 is 23.2 Å². The van der Waals surface area contributed by atoms with Crippen molar-refractivity contribution in [1.82, 2.24) is 14.9 Å². The molecule has 0 bridgehead atoms. The Hall–Kier alpha value is -3.10. The summed E-state index contributed by atoms with van der Waals surface area (Å²) in [5.41, 5.74) is 0.550. The number of benzene rings is 2. The van der Waals surface area contributed by atoms with Crippen molar-refractivity contribution in [3.05, 3.63) is 94.4 Å². The number of amides is 1. The van der Waals surface area contributed by atoms with Crippen LogP contribution in [-0.2, 0) is 4.74 Å². The fraction of sp³-hybridized carbons (Fsp3) is 0.160. The average Bonchev–Trinajstić information content (AvgIpc) is 3.22. The topological polar surface area (TPSA) is 63.6 Å². The third-order valence-corrected chi connectivity index (χ3v) is 6.42. The highest BCUT2D eigenvalue weighted by molar-refractivity contribution is 6.38. The van der Waals surface area contributed by atoms with E-state index in [0.29, 0.717) is 27.8 Å². The number of hydrogen-bond donors (Lipinski definition) is 1. The van der Waals surface area contributed by atoms with E-state index >= 15 is 4.39 Å². The van der Waals surface area contributed by atoms with Gasteiger partial charge in [0, 0.05) is 30.0 Å². The Morgan fingerprint density at radius 2 is 1.85 bits per heavy atom. The summed E-state index contributed by atoms with van der Waals surface area (Å²) in [7, 11) is 0. The van der Waals surface area contributed by atoms with Crippen molar-refractivity contribution in [1.29, 1.82) is 0 Å². The van der Waals surface area contributed by atoms with Crippen LogP contribution in [0.2, 0.25) is 10.0 Å². The number of alkyl halides is 1. The summed E-state index contributed by atoms with van der Waals surface area (Å²) in [6.45, 7) is -0.0623. The van der Waals surface area contributed by atoms with E-state index in [1.54, 1.807) is 36.7 Å². The third kappa shape index (κ3) is 4.12. The minimum absolute atomic E-state index is 0.0207. The van der Waals surface area contributed by atoms with Gasteiger partial charge in [0.25, 0.3) is 5.91 Å². The van der Waals surface area contributed by atoms with Crippen LogP contribution in [0, 0.1) is 0 Å². The van der Waals surface area contributed by atoms with E-state index in [9.17, 15) is 4.79 Å². The average molecular weight is 498 g/mol. The van der Waals surface area contributed by atoms with Crippen LogP contribution in [-0.4, -0.2) is 42.5 Å². The fourth-order valence-electron chi connectivity index (χ4n) is 4.08. The van der Waals surface area contributed by atoms with Crippen LogP contribution in [0.3, 0.4) is 0 Å². The van der Waals surface area contributed by atoms with Gasteiger partial charge in [-0.3, -0.25) is 15.1 Å². The Balaban J connectivity index is 1.49. The number of allylic oxidation sites excluding steroid dienone is 1. The van der Waals surface area contributed by atoms with Crippen molar-refractivity contribution < 1.29 is 13.9 Å². The zero-order chi connectivity index (χ0) is 23.8. The second-order valence-electron chi connectivity index (χ2n) is 8.20. The van der Waals surface area contributed by atoms with E-state index in [1.807, 2.05) is 36.4 Å².